The number of carbonyl (C=O) groups excluding carboxylic acids is 1. The van der Waals surface area contributed by atoms with Crippen LogP contribution in [0.2, 0.25) is 10.0 Å². The van der Waals surface area contributed by atoms with E-state index in [9.17, 15) is 18.0 Å². The van der Waals surface area contributed by atoms with Gasteiger partial charge in [0.25, 0.3) is 0 Å². The molecule has 3 rings (SSSR count). The van der Waals surface area contributed by atoms with Crippen molar-refractivity contribution in [2.24, 2.45) is 0 Å². The molecule has 1 saturated heterocycles. The molecular weight excluding hydrogens is 392 g/mol. The molecule has 0 saturated carbocycles. The third-order valence-electron chi connectivity index (χ3n) is 3.77. The average Bonchev–Trinajstić information content (AvgIpc) is 2.54. The highest BCUT2D eigenvalue weighted by molar-refractivity contribution is 6.43. The molecule has 0 radical (unpaired) electrons. The van der Waals surface area contributed by atoms with Gasteiger partial charge in [-0.15, -0.1) is 0 Å². The van der Waals surface area contributed by atoms with Crippen LogP contribution in [-0.4, -0.2) is 30.1 Å². The fourth-order valence-corrected chi connectivity index (χ4v) is 2.81. The summed E-state index contributed by atoms with van der Waals surface area (Å²) in [6.07, 6.45) is -4.49. The fourth-order valence-electron chi connectivity index (χ4n) is 2.46. The lowest BCUT2D eigenvalue weighted by atomic mass is 10.1. The van der Waals surface area contributed by atoms with Crippen molar-refractivity contribution in [3.8, 4) is 0 Å². The molecule has 1 fully saturated rings. The molecule has 5 nitrogen and oxygen atoms in total. The van der Waals surface area contributed by atoms with Gasteiger partial charge in [-0.1, -0.05) is 35.3 Å². The number of hydrogen-bond donors (Lipinski definition) is 2. The molecule has 0 bridgehead atoms. The minimum Gasteiger partial charge on any atom is -0.352 e. The molecule has 10 heteroatoms. The van der Waals surface area contributed by atoms with E-state index in [0.29, 0.717) is 23.8 Å². The number of urea groups is 1. The van der Waals surface area contributed by atoms with Crippen molar-refractivity contribution in [2.75, 3.05) is 23.3 Å². The third-order valence-corrected chi connectivity index (χ3v) is 4.58. The molecule has 1 aliphatic rings. The monoisotopic (exact) mass is 404 g/mol. The Balaban J connectivity index is 1.54. The van der Waals surface area contributed by atoms with E-state index in [2.05, 4.69) is 15.6 Å². The first-order chi connectivity index (χ1) is 12.2. The Hall–Kier alpha value is -2.19. The van der Waals surface area contributed by atoms with Crippen LogP contribution in [-0.2, 0) is 6.18 Å². The highest BCUT2D eigenvalue weighted by atomic mass is 35.5. The minimum atomic E-state index is -4.49. The largest absolute Gasteiger partial charge is 0.433 e. The zero-order valence-corrected chi connectivity index (χ0v) is 14.7. The van der Waals surface area contributed by atoms with Crippen LogP contribution in [0.3, 0.4) is 0 Å². The summed E-state index contributed by atoms with van der Waals surface area (Å²) < 4.78 is 38.1. The number of alkyl halides is 3. The van der Waals surface area contributed by atoms with E-state index in [4.69, 9.17) is 23.2 Å². The molecule has 2 N–H and O–H groups in total. The zero-order valence-electron chi connectivity index (χ0n) is 13.1. The van der Waals surface area contributed by atoms with Crippen LogP contribution in [0.5, 0.6) is 0 Å². The van der Waals surface area contributed by atoms with Crippen LogP contribution in [0.15, 0.2) is 36.4 Å². The molecule has 2 aromatic rings. The Morgan fingerprint density at radius 2 is 1.85 bits per heavy atom. The molecule has 26 heavy (non-hydrogen) atoms. The quantitative estimate of drug-likeness (QED) is 0.795. The molecule has 0 spiro atoms. The van der Waals surface area contributed by atoms with Crippen LogP contribution in [0.4, 0.5) is 29.5 Å². The van der Waals surface area contributed by atoms with E-state index in [1.165, 1.54) is 12.1 Å². The van der Waals surface area contributed by atoms with Gasteiger partial charge in [-0.3, -0.25) is 0 Å². The molecule has 0 unspecified atom stereocenters. The zero-order chi connectivity index (χ0) is 18.9. The average molecular weight is 405 g/mol. The van der Waals surface area contributed by atoms with Crippen LogP contribution < -0.4 is 15.5 Å². The van der Waals surface area contributed by atoms with Gasteiger partial charge in [0.05, 0.1) is 21.8 Å². The van der Waals surface area contributed by atoms with E-state index < -0.39 is 17.9 Å². The lowest BCUT2D eigenvalue weighted by Gasteiger charge is -2.40. The molecule has 1 aromatic heterocycles. The maximum atomic E-state index is 12.7. The van der Waals surface area contributed by atoms with E-state index in [-0.39, 0.29) is 16.9 Å². The van der Waals surface area contributed by atoms with E-state index in [1.54, 1.807) is 23.1 Å². The molecular formula is C16H13Cl2F3N4O. The second-order valence-electron chi connectivity index (χ2n) is 5.68. The Morgan fingerprint density at radius 3 is 2.54 bits per heavy atom. The summed E-state index contributed by atoms with van der Waals surface area (Å²) in [6.45, 7) is 0.704. The number of nitrogens with one attached hydrogen (secondary N) is 2. The Morgan fingerprint density at radius 1 is 1.15 bits per heavy atom. The Labute approximate surface area is 157 Å². The number of hydrogen-bond acceptors (Lipinski definition) is 3. The third kappa shape index (κ3) is 4.13. The molecule has 0 aliphatic carbocycles. The summed E-state index contributed by atoms with van der Waals surface area (Å²) >= 11 is 11.9. The van der Waals surface area contributed by atoms with Gasteiger partial charge in [-0.2, -0.15) is 13.2 Å². The van der Waals surface area contributed by atoms with Crippen LogP contribution in [0.25, 0.3) is 0 Å². The number of rotatable bonds is 3. The summed E-state index contributed by atoms with van der Waals surface area (Å²) in [5.74, 6) is 0.219. The maximum Gasteiger partial charge on any atom is 0.433 e. The summed E-state index contributed by atoms with van der Waals surface area (Å²) in [5.41, 5.74) is -0.577. The molecule has 2 heterocycles. The standard InChI is InChI=1S/C16H13Cl2F3N4O/c17-10-3-1-4-11(14(10)18)23-15(26)22-9-7-25(8-9)13-6-2-5-12(24-13)16(19,20)21/h1-6,9H,7-8H2,(H2,22,23,26). The lowest BCUT2D eigenvalue weighted by Crippen LogP contribution is -2.60. The first-order valence-corrected chi connectivity index (χ1v) is 8.30. The van der Waals surface area contributed by atoms with Crippen molar-refractivity contribution in [3.05, 3.63) is 52.1 Å². The Kier molecular flexibility index (Phi) is 5.15. The van der Waals surface area contributed by atoms with Gasteiger partial charge in [0.15, 0.2) is 0 Å². The molecule has 2 amide bonds. The predicted octanol–water partition coefficient (Wildman–Crippen LogP) is 4.42. The minimum absolute atomic E-state index is 0.218. The molecule has 1 aliphatic heterocycles. The molecule has 138 valence electrons. The van der Waals surface area contributed by atoms with Crippen LogP contribution >= 0.6 is 23.2 Å². The van der Waals surface area contributed by atoms with Gasteiger partial charge in [0, 0.05) is 13.1 Å². The number of halogens is 5. The first kappa shape index (κ1) is 18.6. The molecule has 0 atom stereocenters. The summed E-state index contributed by atoms with van der Waals surface area (Å²) in [7, 11) is 0. The van der Waals surface area contributed by atoms with Gasteiger partial charge in [-0.25, -0.2) is 9.78 Å². The second kappa shape index (κ2) is 7.20. The lowest BCUT2D eigenvalue weighted by molar-refractivity contribution is -0.141. The number of nitrogens with zero attached hydrogens (tertiary/aromatic N) is 2. The van der Waals surface area contributed by atoms with Crippen molar-refractivity contribution < 1.29 is 18.0 Å². The van der Waals surface area contributed by atoms with Crippen molar-refractivity contribution in [3.63, 3.8) is 0 Å². The Bertz CT molecular complexity index is 825. The van der Waals surface area contributed by atoms with Gasteiger partial charge in [-0.05, 0) is 24.3 Å². The van der Waals surface area contributed by atoms with Crippen molar-refractivity contribution in [1.82, 2.24) is 10.3 Å². The number of benzene rings is 1. The number of anilines is 2. The first-order valence-electron chi connectivity index (χ1n) is 7.55. The van der Waals surface area contributed by atoms with Gasteiger partial charge < -0.3 is 15.5 Å². The highest BCUT2D eigenvalue weighted by Crippen LogP contribution is 2.31. The summed E-state index contributed by atoms with van der Waals surface area (Å²) in [5, 5.41) is 5.84. The van der Waals surface area contributed by atoms with Crippen molar-refractivity contribution in [2.45, 2.75) is 12.2 Å². The smallest absolute Gasteiger partial charge is 0.352 e. The number of amides is 2. The SMILES string of the molecule is O=C(Nc1cccc(Cl)c1Cl)NC1CN(c2cccc(C(F)(F)F)n2)C1. The summed E-state index contributed by atoms with van der Waals surface area (Å²) in [6, 6.07) is 7.87. The van der Waals surface area contributed by atoms with Crippen LogP contribution in [0.1, 0.15) is 5.69 Å². The second-order valence-corrected chi connectivity index (χ2v) is 6.47. The topological polar surface area (TPSA) is 57.3 Å². The number of aromatic nitrogens is 1. The number of carbonyl (C=O) groups is 1. The van der Waals surface area contributed by atoms with Crippen molar-refractivity contribution in [1.29, 1.82) is 0 Å². The van der Waals surface area contributed by atoms with E-state index in [0.717, 1.165) is 6.07 Å². The predicted molar refractivity (Wildman–Crippen MR) is 93.9 cm³/mol. The highest BCUT2D eigenvalue weighted by Gasteiger charge is 2.34. The van der Waals surface area contributed by atoms with Gasteiger partial charge >= 0.3 is 12.2 Å². The fraction of sp³-hybridized carbons (Fsp3) is 0.250. The van der Waals surface area contributed by atoms with Gasteiger partial charge in [0.2, 0.25) is 0 Å². The maximum absolute atomic E-state index is 12.7. The van der Waals surface area contributed by atoms with E-state index >= 15 is 0 Å². The number of pyridine rings is 1. The van der Waals surface area contributed by atoms with Crippen LogP contribution in [0, 0.1) is 0 Å². The summed E-state index contributed by atoms with van der Waals surface area (Å²) in [4.78, 5) is 17.3. The van der Waals surface area contributed by atoms with E-state index in [1.807, 2.05) is 0 Å². The van der Waals surface area contributed by atoms with Gasteiger partial charge in [0.1, 0.15) is 11.5 Å². The molecule has 1 aromatic carbocycles. The normalized spacial score (nSPS) is 14.7. The van der Waals surface area contributed by atoms with Crippen molar-refractivity contribution >= 4 is 40.7 Å².